The minimum absolute atomic E-state index is 0.0399. The minimum Gasteiger partial charge on any atom is -0.474 e. The van der Waals surface area contributed by atoms with Crippen molar-refractivity contribution >= 4 is 10.0 Å². The maximum atomic E-state index is 13.0. The standard InChI is InChI=1S/C16H23N5O3S/c1-4-21-13(3)16(12(2)19-21)25(22,23)20-9-6-14(7-10-20)24-15-5-8-17-11-18-15/h5,8,11,14H,4,6-7,9-10H2,1-3H3. The third-order valence-corrected chi connectivity index (χ3v) is 6.61. The van der Waals surface area contributed by atoms with Crippen LogP contribution in [0.1, 0.15) is 31.2 Å². The Kier molecular flexibility index (Phi) is 5.05. The van der Waals surface area contributed by atoms with Gasteiger partial charge < -0.3 is 4.74 Å². The SMILES string of the molecule is CCn1nc(C)c(S(=O)(=O)N2CCC(Oc3ccncn3)CC2)c1C. The number of ether oxygens (including phenoxy) is 1. The van der Waals surface area contributed by atoms with Gasteiger partial charge in [-0.3, -0.25) is 4.68 Å². The maximum absolute atomic E-state index is 13.0. The molecule has 0 atom stereocenters. The van der Waals surface area contributed by atoms with E-state index in [9.17, 15) is 8.42 Å². The fourth-order valence-electron chi connectivity index (χ4n) is 3.20. The molecule has 0 aliphatic carbocycles. The average molecular weight is 365 g/mol. The Morgan fingerprint density at radius 2 is 2.00 bits per heavy atom. The van der Waals surface area contributed by atoms with Crippen LogP contribution in [-0.4, -0.2) is 51.7 Å². The first-order valence-electron chi connectivity index (χ1n) is 8.40. The van der Waals surface area contributed by atoms with E-state index in [2.05, 4.69) is 15.1 Å². The summed E-state index contributed by atoms with van der Waals surface area (Å²) in [5.74, 6) is 0.521. The zero-order valence-corrected chi connectivity index (χ0v) is 15.5. The van der Waals surface area contributed by atoms with Crippen molar-refractivity contribution in [1.82, 2.24) is 24.1 Å². The highest BCUT2D eigenvalue weighted by Crippen LogP contribution is 2.27. The van der Waals surface area contributed by atoms with Crippen LogP contribution in [0, 0.1) is 13.8 Å². The molecule has 0 amide bonds. The lowest BCUT2D eigenvalue weighted by Gasteiger charge is -2.31. The second kappa shape index (κ2) is 7.09. The zero-order valence-electron chi connectivity index (χ0n) is 14.7. The molecule has 136 valence electrons. The molecule has 0 saturated carbocycles. The summed E-state index contributed by atoms with van der Waals surface area (Å²) >= 11 is 0. The summed E-state index contributed by atoms with van der Waals surface area (Å²) in [6.07, 6.45) is 4.28. The highest BCUT2D eigenvalue weighted by Gasteiger charge is 2.34. The quantitative estimate of drug-likeness (QED) is 0.798. The van der Waals surface area contributed by atoms with Crippen LogP contribution in [0.5, 0.6) is 5.88 Å². The van der Waals surface area contributed by atoms with E-state index in [1.807, 2.05) is 6.92 Å². The molecule has 25 heavy (non-hydrogen) atoms. The number of piperidine rings is 1. The zero-order chi connectivity index (χ0) is 18.0. The number of aromatic nitrogens is 4. The molecule has 0 N–H and O–H groups in total. The first kappa shape index (κ1) is 17.8. The highest BCUT2D eigenvalue weighted by molar-refractivity contribution is 7.89. The molecule has 8 nitrogen and oxygen atoms in total. The summed E-state index contributed by atoms with van der Waals surface area (Å²) in [4.78, 5) is 8.24. The Labute approximate surface area is 147 Å². The lowest BCUT2D eigenvalue weighted by atomic mass is 10.1. The van der Waals surface area contributed by atoms with Gasteiger partial charge in [-0.1, -0.05) is 0 Å². The molecule has 0 spiro atoms. The predicted molar refractivity (Wildman–Crippen MR) is 91.8 cm³/mol. The number of sulfonamides is 1. The van der Waals surface area contributed by atoms with Gasteiger partial charge in [-0.15, -0.1) is 0 Å². The lowest BCUT2D eigenvalue weighted by molar-refractivity contribution is 0.129. The van der Waals surface area contributed by atoms with Crippen LogP contribution in [-0.2, 0) is 16.6 Å². The van der Waals surface area contributed by atoms with Crippen LogP contribution in [0.2, 0.25) is 0 Å². The Morgan fingerprint density at radius 1 is 1.28 bits per heavy atom. The molecule has 0 aromatic carbocycles. The van der Waals surface area contributed by atoms with Gasteiger partial charge in [-0.25, -0.2) is 18.4 Å². The molecule has 0 radical (unpaired) electrons. The predicted octanol–water partition coefficient (Wildman–Crippen LogP) is 1.54. The third kappa shape index (κ3) is 3.52. The van der Waals surface area contributed by atoms with E-state index in [1.165, 1.54) is 10.6 Å². The van der Waals surface area contributed by atoms with Crippen molar-refractivity contribution < 1.29 is 13.2 Å². The van der Waals surface area contributed by atoms with Crippen molar-refractivity contribution in [2.45, 2.75) is 51.2 Å². The molecule has 3 heterocycles. The van der Waals surface area contributed by atoms with E-state index in [4.69, 9.17) is 4.74 Å². The van der Waals surface area contributed by atoms with Crippen molar-refractivity contribution in [3.63, 3.8) is 0 Å². The Balaban J connectivity index is 1.71. The molecule has 0 unspecified atom stereocenters. The topological polar surface area (TPSA) is 90.2 Å². The van der Waals surface area contributed by atoms with Crippen LogP contribution >= 0.6 is 0 Å². The molecule has 2 aromatic heterocycles. The number of hydrogen-bond acceptors (Lipinski definition) is 6. The van der Waals surface area contributed by atoms with Gasteiger partial charge in [0.1, 0.15) is 17.3 Å². The van der Waals surface area contributed by atoms with Crippen molar-refractivity contribution in [3.05, 3.63) is 30.0 Å². The second-order valence-corrected chi connectivity index (χ2v) is 7.96. The van der Waals surface area contributed by atoms with Crippen molar-refractivity contribution in [1.29, 1.82) is 0 Å². The smallest absolute Gasteiger partial charge is 0.246 e. The maximum Gasteiger partial charge on any atom is 0.246 e. The fourth-order valence-corrected chi connectivity index (χ4v) is 5.04. The molecule has 1 aliphatic rings. The van der Waals surface area contributed by atoms with Crippen LogP contribution < -0.4 is 4.74 Å². The molecule has 2 aromatic rings. The largest absolute Gasteiger partial charge is 0.474 e. The fraction of sp³-hybridized carbons (Fsp3) is 0.562. The van der Waals surface area contributed by atoms with Crippen LogP contribution in [0.4, 0.5) is 0 Å². The molecule has 1 saturated heterocycles. The molecule has 1 aliphatic heterocycles. The molecule has 0 bridgehead atoms. The Morgan fingerprint density at radius 3 is 2.56 bits per heavy atom. The first-order valence-corrected chi connectivity index (χ1v) is 9.84. The van der Waals surface area contributed by atoms with Gasteiger partial charge in [0.25, 0.3) is 0 Å². The minimum atomic E-state index is -3.54. The molecular weight excluding hydrogens is 342 g/mol. The highest BCUT2D eigenvalue weighted by atomic mass is 32.2. The van der Waals surface area contributed by atoms with Gasteiger partial charge >= 0.3 is 0 Å². The summed E-state index contributed by atoms with van der Waals surface area (Å²) < 4.78 is 35.1. The van der Waals surface area contributed by atoms with Gasteiger partial charge in [-0.2, -0.15) is 9.40 Å². The monoisotopic (exact) mass is 365 g/mol. The van der Waals surface area contributed by atoms with Gasteiger partial charge in [0.2, 0.25) is 15.9 Å². The summed E-state index contributed by atoms with van der Waals surface area (Å²) in [6, 6.07) is 1.70. The van der Waals surface area contributed by atoms with Gasteiger partial charge in [-0.05, 0) is 33.6 Å². The van der Waals surface area contributed by atoms with E-state index in [1.54, 1.807) is 30.8 Å². The number of aryl methyl sites for hydroxylation is 2. The second-order valence-electron chi connectivity index (χ2n) is 6.08. The number of rotatable bonds is 5. The first-order chi connectivity index (χ1) is 11.9. The van der Waals surface area contributed by atoms with E-state index >= 15 is 0 Å². The van der Waals surface area contributed by atoms with Crippen LogP contribution in [0.15, 0.2) is 23.5 Å². The van der Waals surface area contributed by atoms with Gasteiger partial charge in [0.15, 0.2) is 0 Å². The third-order valence-electron chi connectivity index (χ3n) is 4.46. The number of nitrogens with zero attached hydrogens (tertiary/aromatic N) is 5. The Hall–Kier alpha value is -2.00. The lowest BCUT2D eigenvalue weighted by Crippen LogP contribution is -2.42. The number of hydrogen-bond donors (Lipinski definition) is 0. The van der Waals surface area contributed by atoms with Crippen molar-refractivity contribution in [2.75, 3.05) is 13.1 Å². The summed E-state index contributed by atoms with van der Waals surface area (Å²) in [7, 11) is -3.54. The molecule has 9 heteroatoms. The summed E-state index contributed by atoms with van der Waals surface area (Å²) in [5, 5.41) is 4.33. The summed E-state index contributed by atoms with van der Waals surface area (Å²) in [5.41, 5.74) is 1.25. The summed E-state index contributed by atoms with van der Waals surface area (Å²) in [6.45, 7) is 7.00. The van der Waals surface area contributed by atoms with Gasteiger partial charge in [0.05, 0.1) is 11.4 Å². The van der Waals surface area contributed by atoms with E-state index in [0.717, 1.165) is 0 Å². The van der Waals surface area contributed by atoms with Crippen molar-refractivity contribution in [2.24, 2.45) is 0 Å². The Bertz CT molecular complexity index is 827. The average Bonchev–Trinajstić information content (AvgIpc) is 2.90. The van der Waals surface area contributed by atoms with E-state index in [-0.39, 0.29) is 6.10 Å². The van der Waals surface area contributed by atoms with Gasteiger partial charge in [0, 0.05) is 31.9 Å². The van der Waals surface area contributed by atoms with Crippen molar-refractivity contribution in [3.8, 4) is 5.88 Å². The van der Waals surface area contributed by atoms with E-state index < -0.39 is 10.0 Å². The van der Waals surface area contributed by atoms with E-state index in [0.29, 0.717) is 54.6 Å². The normalized spacial score (nSPS) is 16.9. The van der Waals surface area contributed by atoms with Crippen LogP contribution in [0.3, 0.4) is 0 Å². The molecular formula is C16H23N5O3S. The molecule has 1 fully saturated rings. The van der Waals surface area contributed by atoms with Crippen LogP contribution in [0.25, 0.3) is 0 Å². The molecule has 3 rings (SSSR count).